The fraction of sp³-hybridized carbons (Fsp3) is 0.929. The van der Waals surface area contributed by atoms with Crippen molar-refractivity contribution in [3.05, 3.63) is 0 Å². The average Bonchev–Trinajstić information content (AvgIpc) is 2.95. The van der Waals surface area contributed by atoms with E-state index >= 15 is 0 Å². The first-order valence-electron chi connectivity index (χ1n) is 7.38. The van der Waals surface area contributed by atoms with Gasteiger partial charge in [-0.2, -0.15) is 0 Å². The number of guanidine groups is 1. The lowest BCUT2D eigenvalue weighted by atomic mass is 9.63. The normalized spacial score (nSPS) is 31.1. The number of hydrogen-bond donors (Lipinski definition) is 2. The summed E-state index contributed by atoms with van der Waals surface area (Å²) in [6.45, 7) is 0. The Kier molecular flexibility index (Phi) is 4.78. The number of nitrogens with two attached hydrogens (primary N) is 1. The molecule has 3 nitrogen and oxygen atoms in total. The maximum atomic E-state index is 6.05. The van der Waals surface area contributed by atoms with E-state index < -0.39 is 0 Å². The van der Waals surface area contributed by atoms with Crippen molar-refractivity contribution in [2.24, 2.45) is 16.1 Å². The van der Waals surface area contributed by atoms with Gasteiger partial charge in [0.2, 0.25) is 0 Å². The van der Waals surface area contributed by atoms with Gasteiger partial charge in [0.1, 0.15) is 0 Å². The Hall–Kier alpha value is 0. The second kappa shape index (κ2) is 5.97. The van der Waals surface area contributed by atoms with E-state index in [2.05, 4.69) is 5.32 Å². The molecule has 0 radical (unpaired) electrons. The monoisotopic (exact) mass is 363 g/mol. The molecule has 3 aliphatic carbocycles. The molecule has 0 amide bonds. The van der Waals surface area contributed by atoms with Crippen LogP contribution in [0.15, 0.2) is 4.99 Å². The van der Waals surface area contributed by atoms with Crippen LogP contribution in [0.1, 0.15) is 64.2 Å². The van der Waals surface area contributed by atoms with Gasteiger partial charge in [0.15, 0.2) is 5.96 Å². The summed E-state index contributed by atoms with van der Waals surface area (Å²) in [7, 11) is 0. The lowest BCUT2D eigenvalue weighted by molar-refractivity contribution is 0.104. The minimum absolute atomic E-state index is 0. The number of aliphatic imine (C=N–C) groups is 1. The minimum Gasteiger partial charge on any atom is -0.370 e. The lowest BCUT2D eigenvalue weighted by Gasteiger charge is -2.45. The van der Waals surface area contributed by atoms with Crippen LogP contribution in [0.25, 0.3) is 0 Å². The van der Waals surface area contributed by atoms with Crippen molar-refractivity contribution in [2.45, 2.75) is 76.3 Å². The van der Waals surface area contributed by atoms with Gasteiger partial charge in [-0.15, -0.1) is 24.0 Å². The van der Waals surface area contributed by atoms with Crippen molar-refractivity contribution in [1.82, 2.24) is 5.32 Å². The van der Waals surface area contributed by atoms with Crippen molar-refractivity contribution < 1.29 is 0 Å². The molecule has 0 bridgehead atoms. The summed E-state index contributed by atoms with van der Waals surface area (Å²) in [6, 6.07) is 1.12. The van der Waals surface area contributed by atoms with Gasteiger partial charge in [-0.1, -0.05) is 25.7 Å². The van der Waals surface area contributed by atoms with Gasteiger partial charge >= 0.3 is 0 Å². The van der Waals surface area contributed by atoms with Crippen molar-refractivity contribution >= 4 is 29.9 Å². The smallest absolute Gasteiger partial charge is 0.189 e. The summed E-state index contributed by atoms with van der Waals surface area (Å²) in [5, 5.41) is 3.41. The van der Waals surface area contributed by atoms with E-state index in [4.69, 9.17) is 10.7 Å². The van der Waals surface area contributed by atoms with E-state index in [0.29, 0.717) is 23.5 Å². The third kappa shape index (κ3) is 2.78. The number of halogens is 1. The molecule has 3 rings (SSSR count). The Labute approximate surface area is 127 Å². The van der Waals surface area contributed by atoms with Crippen LogP contribution < -0.4 is 11.1 Å². The highest BCUT2D eigenvalue weighted by molar-refractivity contribution is 14.0. The van der Waals surface area contributed by atoms with Gasteiger partial charge in [0, 0.05) is 6.04 Å². The molecule has 0 aromatic carbocycles. The third-order valence-corrected chi connectivity index (χ3v) is 5.22. The van der Waals surface area contributed by atoms with Crippen LogP contribution in [0.3, 0.4) is 0 Å². The van der Waals surface area contributed by atoms with Crippen LogP contribution in [0.2, 0.25) is 0 Å². The topological polar surface area (TPSA) is 50.4 Å². The molecule has 3 N–H and O–H groups in total. The molecule has 0 aliphatic heterocycles. The van der Waals surface area contributed by atoms with E-state index in [0.717, 1.165) is 0 Å². The SMILES string of the molecule is I.NC(=NC1CCC12CCCC2)NC1CCCC1. The highest BCUT2D eigenvalue weighted by atomic mass is 127. The van der Waals surface area contributed by atoms with Crippen molar-refractivity contribution in [2.75, 3.05) is 0 Å². The molecule has 4 heteroatoms. The zero-order chi connectivity index (χ0) is 11.7. The molecule has 0 saturated heterocycles. The van der Waals surface area contributed by atoms with Crippen LogP contribution in [-0.2, 0) is 0 Å². The molecular formula is C14H26IN3. The molecule has 0 aromatic rings. The van der Waals surface area contributed by atoms with Crippen molar-refractivity contribution in [3.8, 4) is 0 Å². The minimum atomic E-state index is 0. The summed E-state index contributed by atoms with van der Waals surface area (Å²) in [5.74, 6) is 0.716. The molecule has 18 heavy (non-hydrogen) atoms. The van der Waals surface area contributed by atoms with Crippen LogP contribution in [0.4, 0.5) is 0 Å². The van der Waals surface area contributed by atoms with Crippen LogP contribution in [0, 0.1) is 5.41 Å². The highest BCUT2D eigenvalue weighted by Crippen LogP contribution is 2.54. The molecule has 3 aliphatic rings. The molecule has 1 atom stereocenters. The van der Waals surface area contributed by atoms with Crippen molar-refractivity contribution in [1.29, 1.82) is 0 Å². The maximum Gasteiger partial charge on any atom is 0.189 e. The number of nitrogens with one attached hydrogen (secondary N) is 1. The fourth-order valence-corrected chi connectivity index (χ4v) is 4.03. The van der Waals surface area contributed by atoms with Gasteiger partial charge in [0.05, 0.1) is 6.04 Å². The van der Waals surface area contributed by atoms with E-state index in [9.17, 15) is 0 Å². The highest BCUT2D eigenvalue weighted by Gasteiger charge is 2.48. The van der Waals surface area contributed by atoms with E-state index in [1.807, 2.05) is 0 Å². The van der Waals surface area contributed by atoms with E-state index in [1.54, 1.807) is 0 Å². The Balaban J connectivity index is 0.00000120. The van der Waals surface area contributed by atoms with Crippen LogP contribution in [-0.4, -0.2) is 18.0 Å². The van der Waals surface area contributed by atoms with Gasteiger partial charge < -0.3 is 11.1 Å². The van der Waals surface area contributed by atoms with Gasteiger partial charge in [0.25, 0.3) is 0 Å². The van der Waals surface area contributed by atoms with Gasteiger partial charge in [-0.05, 0) is 43.9 Å². The first-order valence-corrected chi connectivity index (χ1v) is 7.38. The first kappa shape index (κ1) is 14.4. The summed E-state index contributed by atoms with van der Waals surface area (Å²) < 4.78 is 0. The first-order chi connectivity index (χ1) is 8.28. The number of rotatable bonds is 2. The Morgan fingerprint density at radius 2 is 1.67 bits per heavy atom. The van der Waals surface area contributed by atoms with E-state index in [1.165, 1.54) is 64.2 Å². The number of hydrogen-bond acceptors (Lipinski definition) is 1. The molecule has 104 valence electrons. The quantitative estimate of drug-likeness (QED) is 0.450. The zero-order valence-electron chi connectivity index (χ0n) is 11.2. The molecule has 3 fully saturated rings. The standard InChI is InChI=1S/C14H25N3.HI/c15-13(16-11-5-1-2-6-11)17-12-7-10-14(12)8-3-4-9-14;/h11-12H,1-10H2,(H3,15,16,17);1H. The molecule has 0 aromatic heterocycles. The van der Waals surface area contributed by atoms with Crippen LogP contribution >= 0.6 is 24.0 Å². The Bertz CT molecular complexity index is 304. The molecule has 1 unspecified atom stereocenters. The Morgan fingerprint density at radius 3 is 2.22 bits per heavy atom. The van der Waals surface area contributed by atoms with Crippen molar-refractivity contribution in [3.63, 3.8) is 0 Å². The summed E-state index contributed by atoms with van der Waals surface area (Å²) >= 11 is 0. The van der Waals surface area contributed by atoms with E-state index in [-0.39, 0.29) is 24.0 Å². The zero-order valence-corrected chi connectivity index (χ0v) is 13.5. The predicted octanol–water partition coefficient (Wildman–Crippen LogP) is 3.17. The predicted molar refractivity (Wildman–Crippen MR) is 86.4 cm³/mol. The van der Waals surface area contributed by atoms with Gasteiger partial charge in [-0.3, -0.25) is 0 Å². The third-order valence-electron chi connectivity index (χ3n) is 5.22. The Morgan fingerprint density at radius 1 is 1.00 bits per heavy atom. The second-order valence-corrected chi connectivity index (χ2v) is 6.26. The summed E-state index contributed by atoms with van der Waals surface area (Å²) in [5.41, 5.74) is 6.61. The molecule has 1 spiro atoms. The van der Waals surface area contributed by atoms with Crippen LogP contribution in [0.5, 0.6) is 0 Å². The maximum absolute atomic E-state index is 6.05. The summed E-state index contributed by atoms with van der Waals surface area (Å²) in [4.78, 5) is 4.76. The number of nitrogens with zero attached hydrogens (tertiary/aromatic N) is 1. The largest absolute Gasteiger partial charge is 0.370 e. The fourth-order valence-electron chi connectivity index (χ4n) is 4.03. The molecule has 3 saturated carbocycles. The second-order valence-electron chi connectivity index (χ2n) is 6.26. The lowest BCUT2D eigenvalue weighted by Crippen LogP contribution is -2.46. The molecular weight excluding hydrogens is 337 g/mol. The van der Waals surface area contributed by atoms with Gasteiger partial charge in [-0.25, -0.2) is 4.99 Å². The average molecular weight is 363 g/mol. The molecule has 0 heterocycles. The summed E-state index contributed by atoms with van der Waals surface area (Å²) in [6.07, 6.45) is 13.5.